The largest absolute Gasteiger partial charge is 0.328 e. The van der Waals surface area contributed by atoms with Crippen molar-refractivity contribution in [2.24, 2.45) is 0 Å². The van der Waals surface area contributed by atoms with Crippen LogP contribution in [0.4, 0.5) is 5.69 Å². The molecule has 8 heteroatoms. The summed E-state index contributed by atoms with van der Waals surface area (Å²) in [7, 11) is 0. The summed E-state index contributed by atoms with van der Waals surface area (Å²) in [6.45, 7) is 4.30. The topological polar surface area (TPSA) is 88.1 Å². The van der Waals surface area contributed by atoms with Crippen molar-refractivity contribution < 1.29 is 9.59 Å². The van der Waals surface area contributed by atoms with Gasteiger partial charge >= 0.3 is 0 Å². The second-order valence-corrected chi connectivity index (χ2v) is 8.32. The fourth-order valence-electron chi connectivity index (χ4n) is 3.80. The molecule has 2 aromatic heterocycles. The SMILES string of the molecule is Cc1ccc(C(=O)N2CCCC[C@H]2c2ncc(C(=O)Nc3ccc(Cl)cc3)c(C)n2)cn1. The Balaban J connectivity index is 1.54. The molecule has 7 nitrogen and oxygen atoms in total. The second kappa shape index (κ2) is 9.44. The van der Waals surface area contributed by atoms with Gasteiger partial charge in [0, 0.05) is 35.3 Å². The molecule has 3 aromatic rings. The minimum absolute atomic E-state index is 0.0759. The summed E-state index contributed by atoms with van der Waals surface area (Å²) in [6, 6.07) is 10.3. The zero-order valence-corrected chi connectivity index (χ0v) is 18.8. The fourth-order valence-corrected chi connectivity index (χ4v) is 3.93. The predicted octanol–water partition coefficient (Wildman–Crippen LogP) is 4.76. The van der Waals surface area contributed by atoms with E-state index in [1.807, 2.05) is 17.9 Å². The summed E-state index contributed by atoms with van der Waals surface area (Å²) in [6.07, 6.45) is 5.85. The minimum atomic E-state index is -0.293. The first-order valence-corrected chi connectivity index (χ1v) is 10.9. The Kier molecular flexibility index (Phi) is 6.46. The minimum Gasteiger partial charge on any atom is -0.328 e. The number of aryl methyl sites for hydroxylation is 2. The van der Waals surface area contributed by atoms with Crippen molar-refractivity contribution in [2.75, 3.05) is 11.9 Å². The van der Waals surface area contributed by atoms with Gasteiger partial charge in [0.15, 0.2) is 5.82 Å². The number of pyridine rings is 1. The molecular weight excluding hydrogens is 426 g/mol. The lowest BCUT2D eigenvalue weighted by Gasteiger charge is -2.35. The molecule has 0 saturated carbocycles. The van der Waals surface area contributed by atoms with Crippen LogP contribution < -0.4 is 5.32 Å². The van der Waals surface area contributed by atoms with Crippen molar-refractivity contribution in [3.63, 3.8) is 0 Å². The number of aromatic nitrogens is 3. The summed E-state index contributed by atoms with van der Waals surface area (Å²) in [4.78, 5) is 41.0. The Hall–Kier alpha value is -3.32. The maximum absolute atomic E-state index is 13.1. The van der Waals surface area contributed by atoms with Crippen molar-refractivity contribution >= 4 is 29.1 Å². The van der Waals surface area contributed by atoms with Gasteiger partial charge in [0.25, 0.3) is 11.8 Å². The van der Waals surface area contributed by atoms with E-state index in [0.717, 1.165) is 25.0 Å². The highest BCUT2D eigenvalue weighted by Gasteiger charge is 2.31. The highest BCUT2D eigenvalue weighted by atomic mass is 35.5. The van der Waals surface area contributed by atoms with Gasteiger partial charge in [-0.1, -0.05) is 11.6 Å². The van der Waals surface area contributed by atoms with E-state index in [1.165, 1.54) is 6.20 Å². The normalized spacial score (nSPS) is 16.0. The molecule has 4 rings (SSSR count). The molecule has 1 atom stereocenters. The van der Waals surface area contributed by atoms with Crippen LogP contribution in [0, 0.1) is 13.8 Å². The molecule has 32 heavy (non-hydrogen) atoms. The Labute approximate surface area is 191 Å². The molecule has 1 fully saturated rings. The lowest BCUT2D eigenvalue weighted by Crippen LogP contribution is -2.39. The molecule has 0 radical (unpaired) electrons. The zero-order chi connectivity index (χ0) is 22.7. The standard InChI is InChI=1S/C24H24ClN5O2/c1-15-6-7-17(13-26-15)24(32)30-12-4-3-5-21(30)22-27-14-20(16(2)28-22)23(31)29-19-10-8-18(25)9-11-19/h6-11,13-14,21H,3-5,12H2,1-2H3,(H,29,31)/t21-/m0/s1. The average Bonchev–Trinajstić information content (AvgIpc) is 2.80. The Morgan fingerprint density at radius 3 is 2.50 bits per heavy atom. The third kappa shape index (κ3) is 4.78. The number of carbonyl (C=O) groups excluding carboxylic acids is 2. The van der Waals surface area contributed by atoms with Crippen LogP contribution in [-0.2, 0) is 0 Å². The van der Waals surface area contributed by atoms with Crippen LogP contribution in [0.5, 0.6) is 0 Å². The molecule has 0 spiro atoms. The van der Waals surface area contributed by atoms with Crippen LogP contribution in [0.25, 0.3) is 0 Å². The first kappa shape index (κ1) is 21.9. The number of rotatable bonds is 4. The lowest BCUT2D eigenvalue weighted by molar-refractivity contribution is 0.0598. The monoisotopic (exact) mass is 449 g/mol. The maximum atomic E-state index is 13.1. The third-order valence-corrected chi connectivity index (χ3v) is 5.82. The molecule has 1 saturated heterocycles. The van der Waals surface area contributed by atoms with Crippen LogP contribution in [0.2, 0.25) is 5.02 Å². The summed E-state index contributed by atoms with van der Waals surface area (Å²) in [5.41, 5.74) is 3.01. The number of hydrogen-bond acceptors (Lipinski definition) is 5. The predicted molar refractivity (Wildman–Crippen MR) is 123 cm³/mol. The van der Waals surface area contributed by atoms with Gasteiger partial charge in [-0.15, -0.1) is 0 Å². The fraction of sp³-hybridized carbons (Fsp3) is 0.292. The summed E-state index contributed by atoms with van der Waals surface area (Å²) in [5, 5.41) is 3.43. The first-order chi connectivity index (χ1) is 15.4. The Bertz CT molecular complexity index is 1130. The maximum Gasteiger partial charge on any atom is 0.259 e. The van der Waals surface area contributed by atoms with Crippen LogP contribution in [0.1, 0.15) is 63.2 Å². The van der Waals surface area contributed by atoms with E-state index >= 15 is 0 Å². The number of likely N-dealkylation sites (tertiary alicyclic amines) is 1. The van der Waals surface area contributed by atoms with Crippen molar-refractivity contribution in [1.82, 2.24) is 19.9 Å². The van der Waals surface area contributed by atoms with Crippen molar-refractivity contribution in [3.8, 4) is 0 Å². The first-order valence-electron chi connectivity index (χ1n) is 10.6. The average molecular weight is 450 g/mol. The number of hydrogen-bond donors (Lipinski definition) is 1. The number of nitrogens with zero attached hydrogens (tertiary/aromatic N) is 4. The van der Waals surface area contributed by atoms with Gasteiger partial charge in [-0.25, -0.2) is 9.97 Å². The molecule has 1 N–H and O–H groups in total. The van der Waals surface area contributed by atoms with Gasteiger partial charge in [0.1, 0.15) is 0 Å². The highest BCUT2D eigenvalue weighted by Crippen LogP contribution is 2.30. The van der Waals surface area contributed by atoms with Crippen molar-refractivity contribution in [1.29, 1.82) is 0 Å². The summed E-state index contributed by atoms with van der Waals surface area (Å²) in [5.74, 6) is 0.186. The van der Waals surface area contributed by atoms with Gasteiger partial charge in [-0.05, 0) is 69.5 Å². The molecule has 3 heterocycles. The molecule has 1 aliphatic rings. The number of amides is 2. The number of nitrogens with one attached hydrogen (secondary N) is 1. The Morgan fingerprint density at radius 2 is 1.81 bits per heavy atom. The van der Waals surface area contributed by atoms with Crippen LogP contribution in [-0.4, -0.2) is 38.2 Å². The van der Waals surface area contributed by atoms with E-state index in [-0.39, 0.29) is 17.9 Å². The molecule has 0 unspecified atom stereocenters. The molecule has 2 amide bonds. The molecule has 1 aliphatic heterocycles. The second-order valence-electron chi connectivity index (χ2n) is 7.89. The van der Waals surface area contributed by atoms with Gasteiger partial charge in [0.05, 0.1) is 22.9 Å². The molecule has 164 valence electrons. The molecule has 0 aliphatic carbocycles. The van der Waals surface area contributed by atoms with Crippen molar-refractivity contribution in [2.45, 2.75) is 39.2 Å². The van der Waals surface area contributed by atoms with E-state index < -0.39 is 0 Å². The molecule has 1 aromatic carbocycles. The quantitative estimate of drug-likeness (QED) is 0.620. The summed E-state index contributed by atoms with van der Waals surface area (Å²) >= 11 is 5.90. The van der Waals surface area contributed by atoms with E-state index in [9.17, 15) is 9.59 Å². The van der Waals surface area contributed by atoms with Crippen LogP contribution >= 0.6 is 11.6 Å². The van der Waals surface area contributed by atoms with E-state index in [1.54, 1.807) is 43.5 Å². The molecular formula is C24H24ClN5O2. The van der Waals surface area contributed by atoms with Crippen LogP contribution in [0.15, 0.2) is 48.8 Å². The van der Waals surface area contributed by atoms with Gasteiger partial charge in [0.2, 0.25) is 0 Å². The number of benzene rings is 1. The van der Waals surface area contributed by atoms with Gasteiger partial charge < -0.3 is 10.2 Å². The van der Waals surface area contributed by atoms with E-state index in [0.29, 0.717) is 39.9 Å². The van der Waals surface area contributed by atoms with Gasteiger partial charge in [-0.3, -0.25) is 14.6 Å². The number of halogens is 1. The van der Waals surface area contributed by atoms with E-state index in [4.69, 9.17) is 11.6 Å². The van der Waals surface area contributed by atoms with E-state index in [2.05, 4.69) is 20.3 Å². The third-order valence-electron chi connectivity index (χ3n) is 5.56. The lowest BCUT2D eigenvalue weighted by atomic mass is 10.00. The number of carbonyl (C=O) groups is 2. The number of piperidine rings is 1. The smallest absolute Gasteiger partial charge is 0.259 e. The Morgan fingerprint density at radius 1 is 1.03 bits per heavy atom. The zero-order valence-electron chi connectivity index (χ0n) is 18.0. The van der Waals surface area contributed by atoms with Crippen molar-refractivity contribution in [3.05, 3.63) is 82.2 Å². The van der Waals surface area contributed by atoms with Crippen LogP contribution in [0.3, 0.4) is 0 Å². The van der Waals surface area contributed by atoms with Gasteiger partial charge in [-0.2, -0.15) is 0 Å². The summed E-state index contributed by atoms with van der Waals surface area (Å²) < 4.78 is 0. The highest BCUT2D eigenvalue weighted by molar-refractivity contribution is 6.30. The number of anilines is 1. The molecule has 0 bridgehead atoms.